The van der Waals surface area contributed by atoms with Gasteiger partial charge < -0.3 is 9.84 Å². The Morgan fingerprint density at radius 2 is 2.00 bits per heavy atom. The lowest BCUT2D eigenvalue weighted by Crippen LogP contribution is -2.03. The topological polar surface area (TPSA) is 29.5 Å². The van der Waals surface area contributed by atoms with Crippen LogP contribution in [0.15, 0.2) is 12.1 Å². The van der Waals surface area contributed by atoms with Gasteiger partial charge in [-0.15, -0.1) is 11.6 Å². The highest BCUT2D eigenvalue weighted by atomic mass is 35.5. The van der Waals surface area contributed by atoms with E-state index in [1.165, 1.54) is 0 Å². The number of rotatable bonds is 5. The molecule has 0 aliphatic carbocycles. The Hall–Kier alpha value is -0.730. The second-order valence-electron chi connectivity index (χ2n) is 3.90. The van der Waals surface area contributed by atoms with Crippen LogP contribution in [0.2, 0.25) is 0 Å². The van der Waals surface area contributed by atoms with Crippen molar-refractivity contribution < 1.29 is 9.84 Å². The van der Waals surface area contributed by atoms with Crippen molar-refractivity contribution in [3.8, 4) is 5.75 Å². The molecule has 0 amide bonds. The molecular weight excluding hydrogens is 224 g/mol. The molecule has 2 nitrogen and oxygen atoms in total. The van der Waals surface area contributed by atoms with Crippen molar-refractivity contribution in [1.82, 2.24) is 0 Å². The zero-order valence-electron chi connectivity index (χ0n) is 10.1. The average Bonchev–Trinajstić information content (AvgIpc) is 2.23. The standard InChI is InChI=1S/C13H19ClO2/c1-4-16-13-8-9(2)11(7-10(13)3)12(15)5-6-14/h7-8,12,15H,4-6H2,1-3H3. The van der Waals surface area contributed by atoms with Crippen LogP contribution in [-0.4, -0.2) is 17.6 Å². The Kier molecular flexibility index (Phi) is 5.10. The minimum atomic E-state index is -0.480. The summed E-state index contributed by atoms with van der Waals surface area (Å²) in [4.78, 5) is 0. The average molecular weight is 243 g/mol. The van der Waals surface area contributed by atoms with Crippen molar-refractivity contribution >= 4 is 11.6 Å². The summed E-state index contributed by atoms with van der Waals surface area (Å²) >= 11 is 5.63. The second kappa shape index (κ2) is 6.12. The summed E-state index contributed by atoms with van der Waals surface area (Å²) in [5.74, 6) is 1.36. The molecule has 1 rings (SSSR count). The van der Waals surface area contributed by atoms with Crippen LogP contribution in [-0.2, 0) is 0 Å². The van der Waals surface area contributed by atoms with Crippen molar-refractivity contribution in [2.75, 3.05) is 12.5 Å². The van der Waals surface area contributed by atoms with E-state index in [-0.39, 0.29) is 0 Å². The number of aliphatic hydroxyl groups excluding tert-OH is 1. The fraction of sp³-hybridized carbons (Fsp3) is 0.538. The van der Waals surface area contributed by atoms with Gasteiger partial charge in [-0.05, 0) is 56.0 Å². The van der Waals surface area contributed by atoms with Crippen LogP contribution in [0.3, 0.4) is 0 Å². The third-order valence-corrected chi connectivity index (χ3v) is 2.82. The molecule has 3 heteroatoms. The van der Waals surface area contributed by atoms with E-state index < -0.39 is 6.10 Å². The molecule has 1 aromatic carbocycles. The van der Waals surface area contributed by atoms with Gasteiger partial charge in [0, 0.05) is 5.88 Å². The maximum Gasteiger partial charge on any atom is 0.122 e. The Bertz CT molecular complexity index is 350. The maximum absolute atomic E-state index is 9.92. The number of ether oxygens (including phenoxy) is 1. The predicted octanol–water partition coefficient (Wildman–Crippen LogP) is 3.36. The van der Waals surface area contributed by atoms with E-state index in [9.17, 15) is 5.11 Å². The summed E-state index contributed by atoms with van der Waals surface area (Å²) in [6, 6.07) is 3.96. The molecule has 1 N–H and O–H groups in total. The quantitative estimate of drug-likeness (QED) is 0.803. The molecular formula is C13H19ClO2. The van der Waals surface area contributed by atoms with Crippen LogP contribution in [0.1, 0.15) is 36.1 Å². The Labute approximate surface area is 102 Å². The van der Waals surface area contributed by atoms with Gasteiger partial charge in [0.05, 0.1) is 12.7 Å². The lowest BCUT2D eigenvalue weighted by Gasteiger charge is -2.16. The largest absolute Gasteiger partial charge is 0.494 e. The van der Waals surface area contributed by atoms with Crippen LogP contribution in [0.5, 0.6) is 5.75 Å². The number of aliphatic hydroxyl groups is 1. The predicted molar refractivity (Wildman–Crippen MR) is 67.4 cm³/mol. The van der Waals surface area contributed by atoms with Crippen molar-refractivity contribution in [1.29, 1.82) is 0 Å². The summed E-state index contributed by atoms with van der Waals surface area (Å²) in [5.41, 5.74) is 3.05. The summed E-state index contributed by atoms with van der Waals surface area (Å²) < 4.78 is 5.50. The first kappa shape index (κ1) is 13.3. The molecule has 0 saturated heterocycles. The molecule has 1 atom stereocenters. The molecule has 0 aliphatic rings. The van der Waals surface area contributed by atoms with Gasteiger partial charge in [-0.3, -0.25) is 0 Å². The van der Waals surface area contributed by atoms with Crippen molar-refractivity contribution in [3.05, 3.63) is 28.8 Å². The van der Waals surface area contributed by atoms with Crippen molar-refractivity contribution in [2.24, 2.45) is 0 Å². The monoisotopic (exact) mass is 242 g/mol. The fourth-order valence-corrected chi connectivity index (χ4v) is 1.95. The minimum absolute atomic E-state index is 0.465. The lowest BCUT2D eigenvalue weighted by molar-refractivity contribution is 0.173. The third-order valence-electron chi connectivity index (χ3n) is 2.60. The Morgan fingerprint density at radius 3 is 2.56 bits per heavy atom. The number of benzene rings is 1. The van der Waals surface area contributed by atoms with Gasteiger partial charge >= 0.3 is 0 Å². The highest BCUT2D eigenvalue weighted by Crippen LogP contribution is 2.28. The van der Waals surface area contributed by atoms with E-state index in [1.54, 1.807) is 0 Å². The van der Waals surface area contributed by atoms with Gasteiger partial charge in [0.25, 0.3) is 0 Å². The number of hydrogen-bond donors (Lipinski definition) is 1. The first-order chi connectivity index (χ1) is 7.60. The number of alkyl halides is 1. The third kappa shape index (κ3) is 3.13. The van der Waals surface area contributed by atoms with Gasteiger partial charge in [0.2, 0.25) is 0 Å². The highest BCUT2D eigenvalue weighted by molar-refractivity contribution is 6.17. The SMILES string of the molecule is CCOc1cc(C)c(C(O)CCCl)cc1C. The smallest absolute Gasteiger partial charge is 0.122 e. The number of hydrogen-bond acceptors (Lipinski definition) is 2. The molecule has 1 aromatic rings. The summed E-state index contributed by atoms with van der Waals surface area (Å²) in [5, 5.41) is 9.92. The summed E-state index contributed by atoms with van der Waals surface area (Å²) in [6.07, 6.45) is 0.0994. The molecule has 0 spiro atoms. The second-order valence-corrected chi connectivity index (χ2v) is 4.28. The van der Waals surface area contributed by atoms with Gasteiger partial charge in [-0.1, -0.05) is 0 Å². The van der Waals surface area contributed by atoms with E-state index in [2.05, 4.69) is 0 Å². The number of aryl methyl sites for hydroxylation is 2. The van der Waals surface area contributed by atoms with Crippen LogP contribution in [0.4, 0.5) is 0 Å². The molecule has 0 aliphatic heterocycles. The van der Waals surface area contributed by atoms with Gasteiger partial charge in [-0.25, -0.2) is 0 Å². The van der Waals surface area contributed by atoms with Crippen molar-refractivity contribution in [2.45, 2.75) is 33.3 Å². The van der Waals surface area contributed by atoms with Crippen LogP contribution in [0.25, 0.3) is 0 Å². The normalized spacial score (nSPS) is 12.6. The van der Waals surface area contributed by atoms with E-state index >= 15 is 0 Å². The molecule has 0 heterocycles. The Morgan fingerprint density at radius 1 is 1.31 bits per heavy atom. The molecule has 1 unspecified atom stereocenters. The molecule has 0 bridgehead atoms. The van der Waals surface area contributed by atoms with E-state index in [1.807, 2.05) is 32.9 Å². The molecule has 0 aromatic heterocycles. The molecule has 16 heavy (non-hydrogen) atoms. The molecule has 0 radical (unpaired) electrons. The fourth-order valence-electron chi connectivity index (χ4n) is 1.74. The molecule has 0 saturated carbocycles. The first-order valence-corrected chi connectivity index (χ1v) is 6.11. The minimum Gasteiger partial charge on any atom is -0.494 e. The van der Waals surface area contributed by atoms with E-state index in [4.69, 9.17) is 16.3 Å². The van der Waals surface area contributed by atoms with Crippen LogP contribution >= 0.6 is 11.6 Å². The Balaban J connectivity index is 3.00. The van der Waals surface area contributed by atoms with Crippen LogP contribution in [0, 0.1) is 13.8 Å². The summed E-state index contributed by atoms with van der Waals surface area (Å²) in [7, 11) is 0. The molecule has 0 fully saturated rings. The lowest BCUT2D eigenvalue weighted by atomic mass is 9.98. The van der Waals surface area contributed by atoms with Gasteiger partial charge in [0.15, 0.2) is 0 Å². The highest BCUT2D eigenvalue weighted by Gasteiger charge is 2.12. The van der Waals surface area contributed by atoms with Crippen LogP contribution < -0.4 is 4.74 Å². The van der Waals surface area contributed by atoms with E-state index in [0.29, 0.717) is 18.9 Å². The zero-order valence-corrected chi connectivity index (χ0v) is 10.8. The maximum atomic E-state index is 9.92. The van der Waals surface area contributed by atoms with Gasteiger partial charge in [-0.2, -0.15) is 0 Å². The van der Waals surface area contributed by atoms with Gasteiger partial charge in [0.1, 0.15) is 5.75 Å². The van der Waals surface area contributed by atoms with E-state index in [0.717, 1.165) is 22.4 Å². The van der Waals surface area contributed by atoms with Crippen molar-refractivity contribution in [3.63, 3.8) is 0 Å². The first-order valence-electron chi connectivity index (χ1n) is 5.58. The molecule has 90 valence electrons. The summed E-state index contributed by atoms with van der Waals surface area (Å²) in [6.45, 7) is 6.59. The number of halogens is 1. The zero-order chi connectivity index (χ0) is 12.1.